The number of morpholine rings is 1. The first-order valence-corrected chi connectivity index (χ1v) is 10.1. The van der Waals surface area contributed by atoms with Gasteiger partial charge in [0, 0.05) is 26.2 Å². The Morgan fingerprint density at radius 2 is 1.92 bits per heavy atom. The maximum atomic E-state index is 13.3. The van der Waals surface area contributed by atoms with Crippen LogP contribution < -0.4 is 5.32 Å². The van der Waals surface area contributed by atoms with Crippen molar-refractivity contribution in [1.29, 1.82) is 0 Å². The van der Waals surface area contributed by atoms with Gasteiger partial charge in [-0.2, -0.15) is 17.0 Å². The van der Waals surface area contributed by atoms with Crippen LogP contribution in [-0.4, -0.2) is 63.0 Å². The molecule has 1 N–H and O–H groups in total. The lowest BCUT2D eigenvalue weighted by atomic mass is 9.88. The Kier molecular flexibility index (Phi) is 4.38. The van der Waals surface area contributed by atoms with Crippen LogP contribution in [0.25, 0.3) is 0 Å². The van der Waals surface area contributed by atoms with Crippen molar-refractivity contribution in [2.45, 2.75) is 13.0 Å². The van der Waals surface area contributed by atoms with Gasteiger partial charge in [-0.15, -0.1) is 0 Å². The summed E-state index contributed by atoms with van der Waals surface area (Å²) in [5, 5.41) is 3.44. The molecule has 132 valence electrons. The molecule has 0 unspecified atom stereocenters. The molecule has 0 amide bonds. The van der Waals surface area contributed by atoms with Gasteiger partial charge >= 0.3 is 0 Å². The SMILES string of the molecule is Cc1ccccc1[C@@H]1[C@H]2CNC[C@H]2CN1S(=O)(=O)N1CCOCC1. The average molecular weight is 351 g/mol. The fraction of sp³-hybridized carbons (Fsp3) is 0.647. The number of benzene rings is 1. The Hall–Kier alpha value is -0.990. The van der Waals surface area contributed by atoms with E-state index < -0.39 is 10.2 Å². The number of nitrogens with zero attached hydrogens (tertiary/aromatic N) is 2. The molecule has 3 fully saturated rings. The van der Waals surface area contributed by atoms with Crippen molar-refractivity contribution in [3.63, 3.8) is 0 Å². The molecular weight excluding hydrogens is 326 g/mol. The van der Waals surface area contributed by atoms with Crippen molar-refractivity contribution < 1.29 is 13.2 Å². The van der Waals surface area contributed by atoms with Gasteiger partial charge in [0.2, 0.25) is 0 Å². The molecule has 3 aliphatic heterocycles. The van der Waals surface area contributed by atoms with E-state index in [-0.39, 0.29) is 6.04 Å². The zero-order valence-corrected chi connectivity index (χ0v) is 14.8. The third kappa shape index (κ3) is 2.68. The zero-order chi connectivity index (χ0) is 16.7. The standard InChI is InChI=1S/C17H25N3O3S/c1-13-4-2-3-5-15(13)17-16-11-18-10-14(16)12-20(17)24(21,22)19-6-8-23-9-7-19/h2-5,14,16-18H,6-12H2,1H3/t14-,16-,17+/m0/s1. The van der Waals surface area contributed by atoms with Gasteiger partial charge in [-0.25, -0.2) is 0 Å². The van der Waals surface area contributed by atoms with Gasteiger partial charge in [-0.3, -0.25) is 0 Å². The fourth-order valence-corrected chi connectivity index (χ4v) is 6.19. The minimum absolute atomic E-state index is 0.0703. The highest BCUT2D eigenvalue weighted by atomic mass is 32.2. The molecule has 3 heterocycles. The normalized spacial score (nSPS) is 32.1. The molecule has 3 atom stereocenters. The highest BCUT2D eigenvalue weighted by Gasteiger charge is 2.51. The van der Waals surface area contributed by atoms with E-state index in [9.17, 15) is 8.42 Å². The van der Waals surface area contributed by atoms with E-state index in [0.717, 1.165) is 24.2 Å². The summed E-state index contributed by atoms with van der Waals surface area (Å²) in [7, 11) is -3.46. The van der Waals surface area contributed by atoms with Crippen LogP contribution in [-0.2, 0) is 14.9 Å². The van der Waals surface area contributed by atoms with Crippen molar-refractivity contribution in [2.75, 3.05) is 45.9 Å². The predicted molar refractivity (Wildman–Crippen MR) is 91.8 cm³/mol. The van der Waals surface area contributed by atoms with E-state index >= 15 is 0 Å². The van der Waals surface area contributed by atoms with Crippen LogP contribution in [0.2, 0.25) is 0 Å². The first-order valence-electron chi connectivity index (χ1n) is 8.70. The van der Waals surface area contributed by atoms with Gasteiger partial charge in [0.15, 0.2) is 0 Å². The quantitative estimate of drug-likeness (QED) is 0.874. The minimum atomic E-state index is -3.46. The smallest absolute Gasteiger partial charge is 0.282 e. The van der Waals surface area contributed by atoms with E-state index in [1.54, 1.807) is 8.61 Å². The number of rotatable bonds is 3. The predicted octanol–water partition coefficient (Wildman–Crippen LogP) is 0.764. The molecule has 0 spiro atoms. The number of hydrogen-bond donors (Lipinski definition) is 1. The molecule has 7 heteroatoms. The summed E-state index contributed by atoms with van der Waals surface area (Å²) in [6.07, 6.45) is 0. The van der Waals surface area contributed by atoms with Gasteiger partial charge in [0.1, 0.15) is 0 Å². The highest BCUT2D eigenvalue weighted by molar-refractivity contribution is 7.86. The zero-order valence-electron chi connectivity index (χ0n) is 14.0. The molecule has 3 saturated heterocycles. The summed E-state index contributed by atoms with van der Waals surface area (Å²) in [6, 6.07) is 8.11. The Labute approximate surface area is 144 Å². The maximum Gasteiger partial charge on any atom is 0.282 e. The third-order valence-electron chi connectivity index (χ3n) is 5.62. The van der Waals surface area contributed by atoms with Crippen molar-refractivity contribution >= 4 is 10.2 Å². The van der Waals surface area contributed by atoms with E-state index in [1.807, 2.05) is 12.1 Å². The van der Waals surface area contributed by atoms with Crippen molar-refractivity contribution in [3.05, 3.63) is 35.4 Å². The van der Waals surface area contributed by atoms with Gasteiger partial charge in [-0.05, 0) is 36.4 Å². The lowest BCUT2D eigenvalue weighted by molar-refractivity contribution is 0.0696. The topological polar surface area (TPSA) is 61.9 Å². The van der Waals surface area contributed by atoms with Crippen molar-refractivity contribution in [1.82, 2.24) is 13.9 Å². The van der Waals surface area contributed by atoms with Crippen LogP contribution in [0.3, 0.4) is 0 Å². The van der Waals surface area contributed by atoms with Gasteiger partial charge in [-0.1, -0.05) is 24.3 Å². The number of hydrogen-bond acceptors (Lipinski definition) is 4. The number of fused-ring (bicyclic) bond motifs is 1. The molecule has 0 bridgehead atoms. The van der Waals surface area contributed by atoms with Crippen LogP contribution in [0.15, 0.2) is 24.3 Å². The molecule has 0 saturated carbocycles. The van der Waals surface area contributed by atoms with E-state index in [2.05, 4.69) is 24.4 Å². The van der Waals surface area contributed by atoms with E-state index in [0.29, 0.717) is 44.7 Å². The lowest BCUT2D eigenvalue weighted by Gasteiger charge is -2.34. The Balaban J connectivity index is 1.72. The van der Waals surface area contributed by atoms with Crippen LogP contribution in [0.5, 0.6) is 0 Å². The Morgan fingerprint density at radius 3 is 2.67 bits per heavy atom. The monoisotopic (exact) mass is 351 g/mol. The molecule has 1 aromatic carbocycles. The first kappa shape index (κ1) is 16.5. The summed E-state index contributed by atoms with van der Waals surface area (Å²) in [5.41, 5.74) is 2.31. The summed E-state index contributed by atoms with van der Waals surface area (Å²) in [6.45, 7) is 6.34. The van der Waals surface area contributed by atoms with Crippen LogP contribution in [0, 0.1) is 18.8 Å². The van der Waals surface area contributed by atoms with E-state index in [1.165, 1.54) is 0 Å². The minimum Gasteiger partial charge on any atom is -0.379 e. The summed E-state index contributed by atoms with van der Waals surface area (Å²) in [4.78, 5) is 0. The molecule has 6 nitrogen and oxygen atoms in total. The third-order valence-corrected chi connectivity index (χ3v) is 7.61. The lowest BCUT2D eigenvalue weighted by Crippen LogP contribution is -2.49. The fourth-order valence-electron chi connectivity index (χ4n) is 4.35. The largest absolute Gasteiger partial charge is 0.379 e. The molecule has 24 heavy (non-hydrogen) atoms. The van der Waals surface area contributed by atoms with Crippen molar-refractivity contribution in [3.8, 4) is 0 Å². The molecule has 0 radical (unpaired) electrons. The second-order valence-corrected chi connectivity index (χ2v) is 8.85. The average Bonchev–Trinajstić information content (AvgIpc) is 3.18. The van der Waals surface area contributed by atoms with E-state index in [4.69, 9.17) is 4.74 Å². The molecule has 0 aromatic heterocycles. The highest BCUT2D eigenvalue weighted by Crippen LogP contribution is 2.45. The molecular formula is C17H25N3O3S. The van der Waals surface area contributed by atoms with Crippen LogP contribution >= 0.6 is 0 Å². The second-order valence-electron chi connectivity index (χ2n) is 6.97. The Bertz CT molecular complexity index is 703. The summed E-state index contributed by atoms with van der Waals surface area (Å²) in [5.74, 6) is 0.743. The first-order chi connectivity index (χ1) is 11.6. The van der Waals surface area contributed by atoms with Gasteiger partial charge < -0.3 is 10.1 Å². The summed E-state index contributed by atoms with van der Waals surface area (Å²) < 4.78 is 35.3. The van der Waals surface area contributed by atoms with Gasteiger partial charge in [0.25, 0.3) is 10.2 Å². The Morgan fingerprint density at radius 1 is 1.17 bits per heavy atom. The van der Waals surface area contributed by atoms with Crippen molar-refractivity contribution in [2.24, 2.45) is 11.8 Å². The molecule has 4 rings (SSSR count). The van der Waals surface area contributed by atoms with Crippen LogP contribution in [0.1, 0.15) is 17.2 Å². The van der Waals surface area contributed by atoms with Crippen LogP contribution in [0.4, 0.5) is 0 Å². The number of ether oxygens (including phenoxy) is 1. The number of nitrogens with one attached hydrogen (secondary N) is 1. The molecule has 1 aromatic rings. The summed E-state index contributed by atoms with van der Waals surface area (Å²) >= 11 is 0. The number of aryl methyl sites for hydroxylation is 1. The maximum absolute atomic E-state index is 13.3. The molecule has 3 aliphatic rings. The molecule has 0 aliphatic carbocycles. The van der Waals surface area contributed by atoms with Gasteiger partial charge in [0.05, 0.1) is 19.3 Å². The second kappa shape index (κ2) is 6.38.